The van der Waals surface area contributed by atoms with E-state index in [0.717, 1.165) is 12.8 Å². The molecule has 1 fully saturated rings. The number of carbonyl (C=O) groups excluding carboxylic acids is 1. The Kier molecular flexibility index (Phi) is 5.35. The molecular weight excluding hydrogens is 347 g/mol. The number of hydrogen-bond donors (Lipinski definition) is 0. The molecule has 0 saturated heterocycles. The van der Waals surface area contributed by atoms with Crippen molar-refractivity contribution in [1.82, 2.24) is 4.90 Å². The molecule has 2 aromatic carbocycles. The van der Waals surface area contributed by atoms with Crippen LogP contribution in [0.2, 0.25) is 0 Å². The molecule has 0 radical (unpaired) electrons. The van der Waals surface area contributed by atoms with Crippen LogP contribution in [0.3, 0.4) is 0 Å². The maximum absolute atomic E-state index is 13.4. The van der Waals surface area contributed by atoms with Crippen molar-refractivity contribution in [2.45, 2.75) is 32.0 Å². The first-order valence-corrected chi connectivity index (χ1v) is 8.16. The maximum atomic E-state index is 13.4. The summed E-state index contributed by atoms with van der Waals surface area (Å²) in [5.41, 5.74) is 0.988. The van der Waals surface area contributed by atoms with Gasteiger partial charge in [-0.25, -0.2) is 4.39 Å². The van der Waals surface area contributed by atoms with Crippen LogP contribution in [0, 0.1) is 5.82 Å². The Labute approximate surface area is 149 Å². The van der Waals surface area contributed by atoms with Gasteiger partial charge in [0.1, 0.15) is 5.82 Å². The molecule has 0 bridgehead atoms. The lowest BCUT2D eigenvalue weighted by atomic mass is 10.1. The number of carbonyl (C=O) groups is 1. The summed E-state index contributed by atoms with van der Waals surface area (Å²) in [7, 11) is 1.31. The van der Waals surface area contributed by atoms with Gasteiger partial charge in [-0.3, -0.25) is 4.79 Å². The summed E-state index contributed by atoms with van der Waals surface area (Å²) in [6.45, 7) is -2.71. The van der Waals surface area contributed by atoms with E-state index >= 15 is 0 Å². The topological polar surface area (TPSA) is 38.8 Å². The highest BCUT2D eigenvalue weighted by atomic mass is 19.3. The maximum Gasteiger partial charge on any atom is 0.387 e. The third-order valence-corrected chi connectivity index (χ3v) is 4.12. The number of hydrogen-bond acceptors (Lipinski definition) is 3. The van der Waals surface area contributed by atoms with Crippen molar-refractivity contribution in [1.29, 1.82) is 0 Å². The van der Waals surface area contributed by atoms with Crippen LogP contribution in [0.4, 0.5) is 13.2 Å². The van der Waals surface area contributed by atoms with Crippen LogP contribution < -0.4 is 9.47 Å². The zero-order chi connectivity index (χ0) is 18.7. The van der Waals surface area contributed by atoms with Crippen molar-refractivity contribution >= 4 is 5.91 Å². The molecule has 4 nitrogen and oxygen atoms in total. The van der Waals surface area contributed by atoms with Gasteiger partial charge >= 0.3 is 6.61 Å². The highest BCUT2D eigenvalue weighted by molar-refractivity contribution is 5.95. The summed E-state index contributed by atoms with van der Waals surface area (Å²) in [4.78, 5) is 14.6. The van der Waals surface area contributed by atoms with Gasteiger partial charge in [-0.1, -0.05) is 12.1 Å². The predicted molar refractivity (Wildman–Crippen MR) is 88.9 cm³/mol. The van der Waals surface area contributed by atoms with E-state index < -0.39 is 6.61 Å². The summed E-state index contributed by atoms with van der Waals surface area (Å²) in [6.07, 6.45) is 1.76. The molecule has 1 saturated carbocycles. The van der Waals surface area contributed by atoms with Crippen LogP contribution >= 0.6 is 0 Å². The van der Waals surface area contributed by atoms with E-state index in [2.05, 4.69) is 4.74 Å². The lowest BCUT2D eigenvalue weighted by Gasteiger charge is -2.23. The number of alkyl halides is 2. The lowest BCUT2D eigenvalue weighted by Crippen LogP contribution is -2.32. The standard InChI is InChI=1S/C19H18F3NO3/c1-25-17-10-13(5-8-16(17)26-19(21)22)18(24)23(15-6-7-15)11-12-3-2-4-14(20)9-12/h2-5,8-10,15,19H,6-7,11H2,1H3. The van der Waals surface area contributed by atoms with Gasteiger partial charge in [0.25, 0.3) is 5.91 Å². The molecule has 1 amide bonds. The third kappa shape index (κ3) is 4.28. The van der Waals surface area contributed by atoms with Crippen LogP contribution in [-0.4, -0.2) is 30.6 Å². The van der Waals surface area contributed by atoms with Crippen molar-refractivity contribution in [3.05, 3.63) is 59.4 Å². The molecule has 138 valence electrons. The summed E-state index contributed by atoms with van der Waals surface area (Å²) in [6, 6.07) is 10.3. The van der Waals surface area contributed by atoms with Gasteiger partial charge < -0.3 is 14.4 Å². The van der Waals surface area contributed by atoms with Crippen LogP contribution in [-0.2, 0) is 6.54 Å². The normalized spacial score (nSPS) is 13.6. The fourth-order valence-electron chi connectivity index (χ4n) is 2.74. The number of amides is 1. The van der Waals surface area contributed by atoms with E-state index in [0.29, 0.717) is 11.1 Å². The largest absolute Gasteiger partial charge is 0.493 e. The minimum absolute atomic E-state index is 0.0534. The van der Waals surface area contributed by atoms with E-state index in [1.165, 1.54) is 37.4 Å². The third-order valence-electron chi connectivity index (χ3n) is 4.12. The summed E-state index contributed by atoms with van der Waals surface area (Å²) in [5, 5.41) is 0. The molecule has 0 aliphatic heterocycles. The first kappa shape index (κ1) is 18.1. The Morgan fingerprint density at radius 2 is 1.96 bits per heavy atom. The highest BCUT2D eigenvalue weighted by Crippen LogP contribution is 2.33. The van der Waals surface area contributed by atoms with Gasteiger partial charge in [0, 0.05) is 18.2 Å². The van der Waals surface area contributed by atoms with Gasteiger partial charge in [0.15, 0.2) is 11.5 Å². The average Bonchev–Trinajstić information content (AvgIpc) is 3.44. The van der Waals surface area contributed by atoms with Crippen LogP contribution in [0.1, 0.15) is 28.8 Å². The quantitative estimate of drug-likeness (QED) is 0.737. The van der Waals surface area contributed by atoms with Crippen LogP contribution in [0.5, 0.6) is 11.5 Å². The molecule has 3 rings (SSSR count). The Morgan fingerprint density at radius 3 is 2.58 bits per heavy atom. The zero-order valence-electron chi connectivity index (χ0n) is 14.1. The van der Waals surface area contributed by atoms with E-state index in [1.54, 1.807) is 17.0 Å². The zero-order valence-corrected chi connectivity index (χ0v) is 14.1. The minimum atomic E-state index is -2.98. The molecule has 2 aromatic rings. The molecule has 1 aliphatic rings. The second-order valence-corrected chi connectivity index (χ2v) is 6.04. The molecule has 0 unspecified atom stereocenters. The summed E-state index contributed by atoms with van der Waals surface area (Å²) < 4.78 is 47.7. The Balaban J connectivity index is 1.83. The van der Waals surface area contributed by atoms with Gasteiger partial charge in [-0.15, -0.1) is 0 Å². The lowest BCUT2D eigenvalue weighted by molar-refractivity contribution is -0.0512. The number of methoxy groups -OCH3 is 1. The van der Waals surface area contributed by atoms with E-state index in [9.17, 15) is 18.0 Å². The number of halogens is 3. The Hall–Kier alpha value is -2.70. The van der Waals surface area contributed by atoms with Crippen molar-refractivity contribution < 1.29 is 27.4 Å². The fraction of sp³-hybridized carbons (Fsp3) is 0.316. The van der Waals surface area contributed by atoms with E-state index in [1.807, 2.05) is 0 Å². The monoisotopic (exact) mass is 365 g/mol. The van der Waals surface area contributed by atoms with Crippen molar-refractivity contribution in [2.75, 3.05) is 7.11 Å². The highest BCUT2D eigenvalue weighted by Gasteiger charge is 2.33. The van der Waals surface area contributed by atoms with Gasteiger partial charge in [0.2, 0.25) is 0 Å². The molecular formula is C19H18F3NO3. The summed E-state index contributed by atoms with van der Waals surface area (Å²) >= 11 is 0. The molecule has 7 heteroatoms. The SMILES string of the molecule is COc1cc(C(=O)N(Cc2cccc(F)c2)C2CC2)ccc1OC(F)F. The van der Waals surface area contributed by atoms with Crippen molar-refractivity contribution in [3.63, 3.8) is 0 Å². The number of nitrogens with zero attached hydrogens (tertiary/aromatic N) is 1. The molecule has 0 heterocycles. The first-order chi connectivity index (χ1) is 12.5. The first-order valence-electron chi connectivity index (χ1n) is 8.16. The molecule has 0 N–H and O–H groups in total. The van der Waals surface area contributed by atoms with Crippen LogP contribution in [0.15, 0.2) is 42.5 Å². The fourth-order valence-corrected chi connectivity index (χ4v) is 2.74. The predicted octanol–water partition coefficient (Wildman–Crippen LogP) is 4.24. The smallest absolute Gasteiger partial charge is 0.387 e. The number of ether oxygens (including phenoxy) is 2. The minimum Gasteiger partial charge on any atom is -0.493 e. The van der Waals surface area contributed by atoms with Gasteiger partial charge in [0.05, 0.1) is 7.11 Å². The molecule has 0 spiro atoms. The van der Waals surface area contributed by atoms with Crippen molar-refractivity contribution in [3.8, 4) is 11.5 Å². The van der Waals surface area contributed by atoms with Gasteiger partial charge in [-0.2, -0.15) is 8.78 Å². The number of rotatable bonds is 7. The van der Waals surface area contributed by atoms with Gasteiger partial charge in [-0.05, 0) is 48.7 Å². The van der Waals surface area contributed by atoms with Crippen molar-refractivity contribution in [2.24, 2.45) is 0 Å². The average molecular weight is 365 g/mol. The second kappa shape index (κ2) is 7.68. The van der Waals surface area contributed by atoms with E-state index in [-0.39, 0.29) is 35.8 Å². The van der Waals surface area contributed by atoms with E-state index in [4.69, 9.17) is 4.74 Å². The van der Waals surface area contributed by atoms with Crippen LogP contribution in [0.25, 0.3) is 0 Å². The molecule has 26 heavy (non-hydrogen) atoms. The molecule has 1 aliphatic carbocycles. The Morgan fingerprint density at radius 1 is 1.19 bits per heavy atom. The molecule has 0 aromatic heterocycles. The summed E-state index contributed by atoms with van der Waals surface area (Å²) in [5.74, 6) is -0.709. The number of benzene rings is 2. The molecule has 0 atom stereocenters. The second-order valence-electron chi connectivity index (χ2n) is 6.04. The Bertz CT molecular complexity index is 793.